The number of nitrogens with one attached hydrogen (secondary N) is 1. The van der Waals surface area contributed by atoms with E-state index in [1.54, 1.807) is 43.5 Å². The van der Waals surface area contributed by atoms with E-state index in [1.165, 1.54) is 12.0 Å². The van der Waals surface area contributed by atoms with Gasteiger partial charge in [0.25, 0.3) is 5.91 Å². The molecule has 0 radical (unpaired) electrons. The Morgan fingerprint density at radius 2 is 1.76 bits per heavy atom. The predicted octanol–water partition coefficient (Wildman–Crippen LogP) is 3.37. The number of benzene rings is 2. The molecule has 0 aliphatic heterocycles. The molecule has 0 fully saturated rings. The molecular formula is C33H40N8O5. The molecule has 2 aromatic heterocycles. The number of fused-ring (bicyclic) bond motifs is 1. The number of aryl methyl sites for hydroxylation is 1. The van der Waals surface area contributed by atoms with Crippen molar-refractivity contribution in [1.29, 1.82) is 0 Å². The Bertz CT molecular complexity index is 1700. The molecule has 0 bridgehead atoms. The van der Waals surface area contributed by atoms with Gasteiger partial charge >= 0.3 is 11.9 Å². The minimum atomic E-state index is -0.776. The van der Waals surface area contributed by atoms with Crippen molar-refractivity contribution in [2.45, 2.75) is 46.0 Å². The van der Waals surface area contributed by atoms with Gasteiger partial charge in [-0.25, -0.2) is 15.0 Å². The number of ether oxygens (including phenoxy) is 2. The first kappa shape index (κ1) is 33.6. The molecule has 46 heavy (non-hydrogen) atoms. The normalized spacial score (nSPS) is 12.9. The third kappa shape index (κ3) is 8.24. The quantitative estimate of drug-likeness (QED) is 0.113. The lowest BCUT2D eigenvalue weighted by molar-refractivity contribution is -0.150. The highest BCUT2D eigenvalue weighted by atomic mass is 16.6. The molecule has 0 saturated carbocycles. The third-order valence-corrected chi connectivity index (χ3v) is 7.39. The Kier molecular flexibility index (Phi) is 11.0. The van der Waals surface area contributed by atoms with E-state index in [0.29, 0.717) is 29.0 Å². The number of imidazole rings is 1. The highest BCUT2D eigenvalue weighted by Crippen LogP contribution is 2.21. The first-order valence-electron chi connectivity index (χ1n) is 14.9. The summed E-state index contributed by atoms with van der Waals surface area (Å²) in [4.78, 5) is 52.3. The predicted molar refractivity (Wildman–Crippen MR) is 176 cm³/mol. The van der Waals surface area contributed by atoms with Crippen molar-refractivity contribution in [3.63, 3.8) is 0 Å². The molecule has 13 nitrogen and oxygen atoms in total. The zero-order valence-electron chi connectivity index (χ0n) is 26.6. The Morgan fingerprint density at radius 3 is 2.41 bits per heavy atom. The van der Waals surface area contributed by atoms with E-state index in [4.69, 9.17) is 25.9 Å². The molecule has 0 aliphatic carbocycles. The summed E-state index contributed by atoms with van der Waals surface area (Å²) < 4.78 is 12.0. The van der Waals surface area contributed by atoms with Crippen molar-refractivity contribution < 1.29 is 23.9 Å². The van der Waals surface area contributed by atoms with Crippen LogP contribution in [0.4, 0.5) is 11.5 Å². The molecular weight excluding hydrogens is 588 g/mol. The van der Waals surface area contributed by atoms with Crippen molar-refractivity contribution in [3.8, 4) is 0 Å². The molecule has 2 aromatic carbocycles. The minimum absolute atomic E-state index is 0.0308. The van der Waals surface area contributed by atoms with Crippen LogP contribution in [-0.4, -0.2) is 64.1 Å². The van der Waals surface area contributed by atoms with Crippen LogP contribution >= 0.6 is 0 Å². The van der Waals surface area contributed by atoms with Gasteiger partial charge in [0.05, 0.1) is 31.1 Å². The number of pyridine rings is 1. The second-order valence-corrected chi connectivity index (χ2v) is 11.0. The standard InChI is InChI=1S/C33H40N8O5/c1-20(2)30(34)33(44)46-21(3)38-31(35)22-9-12-24(13-10-22)37-19-28-39-25-18-23(11-14-26(25)40(28)4)32(43)41(17-15-29(42)45-5)27-8-6-7-16-36-27/h6-14,16,18,20-21,30,37H,15,17,19,34H2,1-5H3,(H2,35,38). The molecule has 5 N–H and O–H groups in total. The van der Waals surface area contributed by atoms with Gasteiger partial charge in [0, 0.05) is 36.6 Å². The Morgan fingerprint density at radius 1 is 1.04 bits per heavy atom. The number of nitrogens with two attached hydrogens (primary N) is 2. The van der Waals surface area contributed by atoms with Gasteiger partial charge in [0.2, 0.25) is 0 Å². The second kappa shape index (κ2) is 15.1. The number of amidine groups is 1. The Balaban J connectivity index is 1.43. The highest BCUT2D eigenvalue weighted by molar-refractivity contribution is 6.07. The van der Waals surface area contributed by atoms with Gasteiger partial charge in [-0.1, -0.05) is 19.9 Å². The monoisotopic (exact) mass is 628 g/mol. The maximum absolute atomic E-state index is 13.6. The topological polar surface area (TPSA) is 180 Å². The summed E-state index contributed by atoms with van der Waals surface area (Å²) in [6, 6.07) is 17.2. The molecule has 13 heteroatoms. The number of carbonyl (C=O) groups is 3. The Labute approximate surface area is 267 Å². The number of hydrogen-bond acceptors (Lipinski definition) is 10. The summed E-state index contributed by atoms with van der Waals surface area (Å²) in [5.41, 5.74) is 15.4. The lowest BCUT2D eigenvalue weighted by Crippen LogP contribution is -2.38. The van der Waals surface area contributed by atoms with Crippen LogP contribution in [0, 0.1) is 5.92 Å². The number of anilines is 2. The van der Waals surface area contributed by atoms with E-state index >= 15 is 0 Å². The van der Waals surface area contributed by atoms with Crippen LogP contribution < -0.4 is 21.7 Å². The fourth-order valence-electron chi connectivity index (χ4n) is 4.59. The maximum atomic E-state index is 13.6. The molecule has 2 unspecified atom stereocenters. The van der Waals surface area contributed by atoms with Crippen LogP contribution in [0.5, 0.6) is 0 Å². The number of amides is 1. The molecule has 0 spiro atoms. The van der Waals surface area contributed by atoms with Gasteiger partial charge in [-0.2, -0.15) is 0 Å². The molecule has 4 rings (SSSR count). The van der Waals surface area contributed by atoms with Crippen molar-refractivity contribution >= 4 is 46.2 Å². The number of esters is 2. The maximum Gasteiger partial charge on any atom is 0.325 e. The average molecular weight is 629 g/mol. The van der Waals surface area contributed by atoms with Crippen LogP contribution in [0.25, 0.3) is 11.0 Å². The minimum Gasteiger partial charge on any atom is -0.469 e. The van der Waals surface area contributed by atoms with E-state index in [-0.39, 0.29) is 30.6 Å². The number of carbonyl (C=O) groups excluding carboxylic acids is 3. The number of aromatic nitrogens is 3. The van der Waals surface area contributed by atoms with Crippen molar-refractivity contribution in [1.82, 2.24) is 14.5 Å². The molecule has 0 saturated heterocycles. The Hall–Kier alpha value is -5.30. The van der Waals surface area contributed by atoms with Crippen molar-refractivity contribution in [2.75, 3.05) is 23.9 Å². The molecule has 4 aromatic rings. The van der Waals surface area contributed by atoms with Crippen molar-refractivity contribution in [2.24, 2.45) is 29.4 Å². The largest absolute Gasteiger partial charge is 0.469 e. The summed E-state index contributed by atoms with van der Waals surface area (Å²) in [6.45, 7) is 5.85. The van der Waals surface area contributed by atoms with Gasteiger partial charge in [-0.05, 0) is 67.4 Å². The second-order valence-electron chi connectivity index (χ2n) is 11.0. The summed E-state index contributed by atoms with van der Waals surface area (Å²) in [5, 5.41) is 3.35. The van der Waals surface area contributed by atoms with Gasteiger partial charge in [-0.15, -0.1) is 0 Å². The molecule has 0 aliphatic rings. The van der Waals surface area contributed by atoms with Crippen LogP contribution in [-0.2, 0) is 32.7 Å². The zero-order valence-corrected chi connectivity index (χ0v) is 26.6. The molecule has 1 amide bonds. The van der Waals surface area contributed by atoms with Gasteiger partial charge < -0.3 is 30.8 Å². The first-order chi connectivity index (χ1) is 22.0. The fourth-order valence-corrected chi connectivity index (χ4v) is 4.59. The highest BCUT2D eigenvalue weighted by Gasteiger charge is 2.22. The van der Waals surface area contributed by atoms with E-state index in [0.717, 1.165) is 17.0 Å². The van der Waals surface area contributed by atoms with E-state index in [9.17, 15) is 14.4 Å². The van der Waals surface area contributed by atoms with Crippen LogP contribution in [0.2, 0.25) is 0 Å². The molecule has 2 atom stereocenters. The van der Waals surface area contributed by atoms with E-state index in [2.05, 4.69) is 15.3 Å². The summed E-state index contributed by atoms with van der Waals surface area (Å²) in [6.07, 6.45) is 0.848. The van der Waals surface area contributed by atoms with Crippen LogP contribution in [0.15, 0.2) is 71.9 Å². The molecule has 2 heterocycles. The average Bonchev–Trinajstić information content (AvgIpc) is 3.37. The van der Waals surface area contributed by atoms with Gasteiger partial charge in [-0.3, -0.25) is 19.3 Å². The SMILES string of the molecule is COC(=O)CCN(C(=O)c1ccc2c(c1)nc(CNc1ccc(/C(N)=N/C(C)OC(=O)C(N)C(C)C)cc1)n2C)c1ccccn1. The number of nitrogens with zero attached hydrogens (tertiary/aromatic N) is 5. The van der Waals surface area contributed by atoms with Crippen LogP contribution in [0.1, 0.15) is 48.9 Å². The van der Waals surface area contributed by atoms with Crippen molar-refractivity contribution in [3.05, 3.63) is 83.8 Å². The third-order valence-electron chi connectivity index (χ3n) is 7.39. The lowest BCUT2D eigenvalue weighted by Gasteiger charge is -2.21. The van der Waals surface area contributed by atoms with Gasteiger partial charge in [0.15, 0.2) is 6.23 Å². The lowest BCUT2D eigenvalue weighted by atomic mass is 10.1. The smallest absolute Gasteiger partial charge is 0.325 e. The zero-order chi connectivity index (χ0) is 33.4. The van der Waals surface area contributed by atoms with E-state index < -0.39 is 24.2 Å². The number of aliphatic imine (C=N–C) groups is 1. The summed E-state index contributed by atoms with van der Waals surface area (Å²) in [7, 11) is 3.22. The fraction of sp³-hybridized carbons (Fsp3) is 0.333. The summed E-state index contributed by atoms with van der Waals surface area (Å²) >= 11 is 0. The van der Waals surface area contributed by atoms with Gasteiger partial charge in [0.1, 0.15) is 23.5 Å². The summed E-state index contributed by atoms with van der Waals surface area (Å²) in [5.74, 6) is 0.133. The van der Waals surface area contributed by atoms with Crippen LogP contribution in [0.3, 0.4) is 0 Å². The number of hydrogen-bond donors (Lipinski definition) is 3. The number of rotatable bonds is 13. The first-order valence-corrected chi connectivity index (χ1v) is 14.9. The molecule has 242 valence electrons. The number of methoxy groups -OCH3 is 1. The van der Waals surface area contributed by atoms with E-state index in [1.807, 2.05) is 55.8 Å².